The Labute approximate surface area is 110 Å². The van der Waals surface area contributed by atoms with E-state index in [2.05, 4.69) is 10.6 Å². The number of nitrogens with one attached hydrogen (secondary N) is 2. The summed E-state index contributed by atoms with van der Waals surface area (Å²) in [4.78, 5) is 21.3. The summed E-state index contributed by atoms with van der Waals surface area (Å²) >= 11 is 4.90. The molecule has 0 heterocycles. The zero-order valence-electron chi connectivity index (χ0n) is 10.2. The molecule has 0 bridgehead atoms. The molecule has 0 unspecified atom stereocenters. The van der Waals surface area contributed by atoms with E-state index in [1.807, 2.05) is 6.92 Å². The van der Waals surface area contributed by atoms with Crippen LogP contribution in [0.15, 0.2) is 12.1 Å². The highest BCUT2D eigenvalue weighted by Crippen LogP contribution is 2.29. The minimum absolute atomic E-state index is 0.0410. The number of carbonyl (C=O) groups excluding carboxylic acids is 1. The van der Waals surface area contributed by atoms with Crippen LogP contribution in [0.3, 0.4) is 0 Å². The number of anilines is 1. The summed E-state index contributed by atoms with van der Waals surface area (Å²) in [6, 6.07) is 3.07. The predicted octanol–water partition coefficient (Wildman–Crippen LogP) is 2.04. The third-order valence-corrected chi connectivity index (χ3v) is 2.64. The molecule has 1 aromatic carbocycles. The number of nitro benzene ring substituents is 1. The molecule has 0 aliphatic carbocycles. The standard InChI is InChI=1S/C11H13N3O3S/c1-6-4-5-9(14(16)17)10(7(6)2)13-11(18)12-8(3)15/h4-5H,1-3H3,(H2,12,13,15,18). The number of nitrogens with zero attached hydrogens (tertiary/aromatic N) is 1. The molecule has 6 nitrogen and oxygen atoms in total. The summed E-state index contributed by atoms with van der Waals surface area (Å²) in [5, 5.41) is 16.0. The number of nitro groups is 1. The predicted molar refractivity (Wildman–Crippen MR) is 72.6 cm³/mol. The van der Waals surface area contributed by atoms with Crippen molar-refractivity contribution < 1.29 is 9.72 Å². The smallest absolute Gasteiger partial charge is 0.293 e. The molecular formula is C11H13N3O3S. The van der Waals surface area contributed by atoms with Crippen molar-refractivity contribution in [3.63, 3.8) is 0 Å². The van der Waals surface area contributed by atoms with Gasteiger partial charge in [0.05, 0.1) is 4.92 Å². The molecule has 1 aromatic rings. The van der Waals surface area contributed by atoms with Gasteiger partial charge in [-0.05, 0) is 37.2 Å². The van der Waals surface area contributed by atoms with Crippen LogP contribution >= 0.6 is 12.2 Å². The van der Waals surface area contributed by atoms with Gasteiger partial charge in [-0.25, -0.2) is 0 Å². The van der Waals surface area contributed by atoms with Crippen molar-refractivity contribution in [1.29, 1.82) is 0 Å². The minimum atomic E-state index is -0.495. The molecule has 1 rings (SSSR count). The summed E-state index contributed by atoms with van der Waals surface area (Å²) in [5.74, 6) is -0.333. The number of thiocarbonyl (C=S) groups is 1. The number of amides is 1. The van der Waals surface area contributed by atoms with Gasteiger partial charge in [-0.3, -0.25) is 14.9 Å². The molecule has 96 valence electrons. The van der Waals surface area contributed by atoms with Gasteiger partial charge in [0.25, 0.3) is 5.69 Å². The van der Waals surface area contributed by atoms with Gasteiger partial charge in [0.1, 0.15) is 5.69 Å². The first-order valence-corrected chi connectivity index (χ1v) is 5.57. The van der Waals surface area contributed by atoms with Gasteiger partial charge in [-0.2, -0.15) is 0 Å². The lowest BCUT2D eigenvalue weighted by Gasteiger charge is -2.12. The lowest BCUT2D eigenvalue weighted by Crippen LogP contribution is -2.32. The van der Waals surface area contributed by atoms with Gasteiger partial charge in [-0.15, -0.1) is 0 Å². The maximum absolute atomic E-state index is 10.9. The van der Waals surface area contributed by atoms with Crippen molar-refractivity contribution in [2.45, 2.75) is 20.8 Å². The largest absolute Gasteiger partial charge is 0.327 e. The van der Waals surface area contributed by atoms with E-state index in [-0.39, 0.29) is 16.7 Å². The Morgan fingerprint density at radius 2 is 2.00 bits per heavy atom. The fourth-order valence-corrected chi connectivity index (χ4v) is 1.66. The van der Waals surface area contributed by atoms with E-state index in [0.29, 0.717) is 5.69 Å². The molecule has 0 radical (unpaired) electrons. The monoisotopic (exact) mass is 267 g/mol. The summed E-state index contributed by atoms with van der Waals surface area (Å²) in [5.41, 5.74) is 1.84. The van der Waals surface area contributed by atoms with Gasteiger partial charge in [0.2, 0.25) is 5.91 Å². The Hall–Kier alpha value is -2.02. The summed E-state index contributed by atoms with van der Waals surface area (Å²) < 4.78 is 0. The highest BCUT2D eigenvalue weighted by molar-refractivity contribution is 7.80. The van der Waals surface area contributed by atoms with Crippen molar-refractivity contribution in [2.75, 3.05) is 5.32 Å². The topological polar surface area (TPSA) is 84.3 Å². The van der Waals surface area contributed by atoms with Crippen molar-refractivity contribution in [1.82, 2.24) is 5.32 Å². The van der Waals surface area contributed by atoms with E-state index >= 15 is 0 Å². The quantitative estimate of drug-likeness (QED) is 0.486. The average Bonchev–Trinajstić information content (AvgIpc) is 2.23. The van der Waals surface area contributed by atoms with Crippen molar-refractivity contribution in [3.05, 3.63) is 33.4 Å². The summed E-state index contributed by atoms with van der Waals surface area (Å²) in [6.07, 6.45) is 0. The third kappa shape index (κ3) is 3.24. The van der Waals surface area contributed by atoms with Crippen molar-refractivity contribution >= 4 is 34.6 Å². The van der Waals surface area contributed by atoms with Gasteiger partial charge in [0.15, 0.2) is 5.11 Å². The second kappa shape index (κ2) is 5.54. The highest BCUT2D eigenvalue weighted by Gasteiger charge is 2.18. The van der Waals surface area contributed by atoms with Crippen molar-refractivity contribution in [3.8, 4) is 0 Å². The van der Waals surface area contributed by atoms with Crippen LogP contribution in [0.1, 0.15) is 18.1 Å². The van der Waals surface area contributed by atoms with Crippen LogP contribution in [-0.2, 0) is 4.79 Å². The van der Waals surface area contributed by atoms with Crippen LogP contribution in [0.4, 0.5) is 11.4 Å². The second-order valence-corrected chi connectivity index (χ2v) is 4.20. The fourth-order valence-electron chi connectivity index (χ4n) is 1.42. The highest BCUT2D eigenvalue weighted by atomic mass is 32.1. The molecule has 0 fully saturated rings. The number of aryl methyl sites for hydroxylation is 1. The van der Waals surface area contributed by atoms with Crippen LogP contribution in [0, 0.1) is 24.0 Å². The maximum Gasteiger partial charge on any atom is 0.293 e. The average molecular weight is 267 g/mol. The van der Waals surface area contributed by atoms with E-state index in [0.717, 1.165) is 11.1 Å². The number of carbonyl (C=O) groups is 1. The molecule has 7 heteroatoms. The van der Waals surface area contributed by atoms with Gasteiger partial charge >= 0.3 is 0 Å². The van der Waals surface area contributed by atoms with E-state index < -0.39 is 4.92 Å². The second-order valence-electron chi connectivity index (χ2n) is 3.79. The molecule has 0 atom stereocenters. The molecule has 1 amide bonds. The zero-order valence-corrected chi connectivity index (χ0v) is 11.1. The molecule has 0 aromatic heterocycles. The molecule has 0 saturated carbocycles. The van der Waals surface area contributed by atoms with E-state index in [4.69, 9.17) is 12.2 Å². The lowest BCUT2D eigenvalue weighted by atomic mass is 10.1. The number of hydrogen-bond donors (Lipinski definition) is 2. The molecule has 0 saturated heterocycles. The molecule has 18 heavy (non-hydrogen) atoms. The van der Waals surface area contributed by atoms with Crippen LogP contribution in [-0.4, -0.2) is 15.9 Å². The van der Waals surface area contributed by atoms with E-state index in [9.17, 15) is 14.9 Å². The lowest BCUT2D eigenvalue weighted by molar-refractivity contribution is -0.383. The van der Waals surface area contributed by atoms with Crippen LogP contribution in [0.5, 0.6) is 0 Å². The Kier molecular flexibility index (Phi) is 4.33. The Morgan fingerprint density at radius 1 is 1.39 bits per heavy atom. The fraction of sp³-hybridized carbons (Fsp3) is 0.273. The molecular weight excluding hydrogens is 254 g/mol. The normalized spacial score (nSPS) is 9.72. The molecule has 0 aliphatic rings. The van der Waals surface area contributed by atoms with Crippen LogP contribution in [0.25, 0.3) is 0 Å². The SMILES string of the molecule is CC(=O)NC(=S)Nc1c([N+](=O)[O-])ccc(C)c1C. The van der Waals surface area contributed by atoms with E-state index in [1.165, 1.54) is 13.0 Å². The number of benzene rings is 1. The van der Waals surface area contributed by atoms with Gasteiger partial charge < -0.3 is 10.6 Å². The molecule has 2 N–H and O–H groups in total. The van der Waals surface area contributed by atoms with Crippen molar-refractivity contribution in [2.24, 2.45) is 0 Å². The van der Waals surface area contributed by atoms with Gasteiger partial charge in [-0.1, -0.05) is 6.07 Å². The molecule has 0 aliphatic heterocycles. The Bertz CT molecular complexity index is 529. The Morgan fingerprint density at radius 3 is 2.50 bits per heavy atom. The maximum atomic E-state index is 10.9. The first kappa shape index (κ1) is 14.0. The first-order chi connectivity index (χ1) is 8.32. The zero-order chi connectivity index (χ0) is 13.9. The number of rotatable bonds is 2. The summed E-state index contributed by atoms with van der Waals surface area (Å²) in [7, 11) is 0. The van der Waals surface area contributed by atoms with Crippen LogP contribution < -0.4 is 10.6 Å². The third-order valence-electron chi connectivity index (χ3n) is 2.44. The molecule has 0 spiro atoms. The summed E-state index contributed by atoms with van der Waals surface area (Å²) in [6.45, 7) is 4.90. The Balaban J connectivity index is 3.13. The van der Waals surface area contributed by atoms with Gasteiger partial charge in [0, 0.05) is 13.0 Å². The first-order valence-electron chi connectivity index (χ1n) is 5.16. The number of hydrogen-bond acceptors (Lipinski definition) is 4. The van der Waals surface area contributed by atoms with Crippen LogP contribution in [0.2, 0.25) is 0 Å². The minimum Gasteiger partial charge on any atom is -0.327 e. The van der Waals surface area contributed by atoms with E-state index in [1.54, 1.807) is 13.0 Å².